The van der Waals surface area contributed by atoms with E-state index in [0.29, 0.717) is 12.8 Å². The van der Waals surface area contributed by atoms with E-state index in [1.165, 1.54) is 5.56 Å². The molecule has 0 bridgehead atoms. The minimum atomic E-state index is 0.236. The molecule has 0 saturated carbocycles. The second-order valence-electron chi connectivity index (χ2n) is 7.83. The molecular weight excluding hydrogens is 360 g/mol. The zero-order valence-corrected chi connectivity index (χ0v) is 17.2. The van der Waals surface area contributed by atoms with E-state index in [-0.39, 0.29) is 5.91 Å². The molecule has 0 aliphatic carbocycles. The summed E-state index contributed by atoms with van der Waals surface area (Å²) in [5.74, 6) is 0.236. The number of likely N-dealkylation sites (N-methyl/N-ethyl adjacent to an activating group) is 1. The molecule has 150 valence electrons. The first-order valence-corrected chi connectivity index (χ1v) is 10.3. The standard InChI is InChI=1S/C24H28N4O/c1-19-8-10-20(11-9-19)24-21(18-28(25-24)22-6-4-3-5-7-22)12-13-23(29)27-16-14-26(2)15-17-27/h3-11,18H,12-17H2,1-2H3. The summed E-state index contributed by atoms with van der Waals surface area (Å²) in [6, 6.07) is 18.6. The van der Waals surface area contributed by atoms with Crippen molar-refractivity contribution >= 4 is 5.91 Å². The molecule has 0 radical (unpaired) electrons. The van der Waals surface area contributed by atoms with Crippen LogP contribution in [0.15, 0.2) is 60.8 Å². The molecule has 1 aliphatic heterocycles. The average Bonchev–Trinajstić information content (AvgIpc) is 3.18. The maximum absolute atomic E-state index is 12.7. The number of aromatic nitrogens is 2. The van der Waals surface area contributed by atoms with Crippen molar-refractivity contribution in [2.75, 3.05) is 33.2 Å². The van der Waals surface area contributed by atoms with Crippen molar-refractivity contribution in [3.8, 4) is 16.9 Å². The van der Waals surface area contributed by atoms with E-state index < -0.39 is 0 Å². The molecule has 4 rings (SSSR count). The van der Waals surface area contributed by atoms with Gasteiger partial charge in [-0.1, -0.05) is 48.0 Å². The monoisotopic (exact) mass is 388 g/mol. The van der Waals surface area contributed by atoms with Gasteiger partial charge in [0.05, 0.1) is 11.4 Å². The minimum Gasteiger partial charge on any atom is -0.340 e. The number of hydrogen-bond donors (Lipinski definition) is 0. The molecule has 3 aromatic rings. The number of hydrogen-bond acceptors (Lipinski definition) is 3. The van der Waals surface area contributed by atoms with Crippen molar-refractivity contribution in [1.82, 2.24) is 19.6 Å². The first-order valence-electron chi connectivity index (χ1n) is 10.3. The molecule has 0 spiro atoms. The van der Waals surface area contributed by atoms with Crippen LogP contribution in [0.3, 0.4) is 0 Å². The average molecular weight is 389 g/mol. The number of rotatable bonds is 5. The topological polar surface area (TPSA) is 41.4 Å². The molecule has 2 heterocycles. The van der Waals surface area contributed by atoms with Gasteiger partial charge in [0, 0.05) is 44.4 Å². The molecule has 2 aromatic carbocycles. The van der Waals surface area contributed by atoms with Crippen molar-refractivity contribution in [3.63, 3.8) is 0 Å². The fraction of sp³-hybridized carbons (Fsp3) is 0.333. The van der Waals surface area contributed by atoms with Gasteiger partial charge in [0.15, 0.2) is 0 Å². The number of benzene rings is 2. The van der Waals surface area contributed by atoms with Crippen LogP contribution in [0, 0.1) is 6.92 Å². The van der Waals surface area contributed by atoms with E-state index in [4.69, 9.17) is 5.10 Å². The summed E-state index contributed by atoms with van der Waals surface area (Å²) in [7, 11) is 2.10. The van der Waals surface area contributed by atoms with Gasteiger partial charge in [0.1, 0.15) is 0 Å². The molecule has 1 saturated heterocycles. The zero-order chi connectivity index (χ0) is 20.2. The van der Waals surface area contributed by atoms with E-state index in [2.05, 4.69) is 49.3 Å². The van der Waals surface area contributed by atoms with Crippen molar-refractivity contribution in [2.24, 2.45) is 0 Å². The number of para-hydroxylation sites is 1. The van der Waals surface area contributed by atoms with Crippen LogP contribution in [-0.2, 0) is 11.2 Å². The Kier molecular flexibility index (Phi) is 5.76. The molecular formula is C24H28N4O. The molecule has 1 aromatic heterocycles. The van der Waals surface area contributed by atoms with Gasteiger partial charge in [-0.05, 0) is 38.1 Å². The number of carbonyl (C=O) groups excluding carboxylic acids is 1. The lowest BCUT2D eigenvalue weighted by Crippen LogP contribution is -2.47. The molecule has 0 N–H and O–H groups in total. The maximum atomic E-state index is 12.7. The summed E-state index contributed by atoms with van der Waals surface area (Å²) in [4.78, 5) is 17.0. The van der Waals surface area contributed by atoms with Crippen molar-refractivity contribution in [1.29, 1.82) is 0 Å². The molecule has 1 amide bonds. The highest BCUT2D eigenvalue weighted by Crippen LogP contribution is 2.25. The number of nitrogens with zero attached hydrogens (tertiary/aromatic N) is 4. The second kappa shape index (κ2) is 8.62. The smallest absolute Gasteiger partial charge is 0.222 e. The van der Waals surface area contributed by atoms with Gasteiger partial charge in [0.25, 0.3) is 0 Å². The number of piperazine rings is 1. The van der Waals surface area contributed by atoms with Crippen molar-refractivity contribution in [2.45, 2.75) is 19.8 Å². The second-order valence-corrected chi connectivity index (χ2v) is 7.83. The zero-order valence-electron chi connectivity index (χ0n) is 17.2. The largest absolute Gasteiger partial charge is 0.340 e. The van der Waals surface area contributed by atoms with Crippen LogP contribution in [-0.4, -0.2) is 58.7 Å². The summed E-state index contributed by atoms with van der Waals surface area (Å²) >= 11 is 0. The molecule has 5 heteroatoms. The maximum Gasteiger partial charge on any atom is 0.222 e. The number of amides is 1. The Bertz CT molecular complexity index is 954. The van der Waals surface area contributed by atoms with Gasteiger partial charge in [-0.3, -0.25) is 4.79 Å². The lowest BCUT2D eigenvalue weighted by atomic mass is 10.0. The Morgan fingerprint density at radius 1 is 0.966 bits per heavy atom. The van der Waals surface area contributed by atoms with Gasteiger partial charge >= 0.3 is 0 Å². The highest BCUT2D eigenvalue weighted by molar-refractivity contribution is 5.77. The number of carbonyl (C=O) groups is 1. The fourth-order valence-corrected chi connectivity index (χ4v) is 3.72. The molecule has 29 heavy (non-hydrogen) atoms. The molecule has 1 aliphatic rings. The normalized spacial score (nSPS) is 14.9. The van der Waals surface area contributed by atoms with Crippen LogP contribution in [0.5, 0.6) is 0 Å². The van der Waals surface area contributed by atoms with Crippen molar-refractivity contribution < 1.29 is 4.79 Å². The molecule has 0 atom stereocenters. The lowest BCUT2D eigenvalue weighted by molar-refractivity contribution is -0.132. The Balaban J connectivity index is 1.56. The van der Waals surface area contributed by atoms with Crippen LogP contribution >= 0.6 is 0 Å². The molecule has 0 unspecified atom stereocenters. The predicted octanol–water partition coefficient (Wildman–Crippen LogP) is 3.55. The van der Waals surface area contributed by atoms with Crippen LogP contribution in [0.25, 0.3) is 16.9 Å². The Morgan fingerprint density at radius 2 is 1.66 bits per heavy atom. The lowest BCUT2D eigenvalue weighted by Gasteiger charge is -2.32. The van der Waals surface area contributed by atoms with E-state index >= 15 is 0 Å². The third kappa shape index (κ3) is 4.57. The Hall–Kier alpha value is -2.92. The quantitative estimate of drug-likeness (QED) is 0.671. The van der Waals surface area contributed by atoms with Crippen LogP contribution in [0.2, 0.25) is 0 Å². The third-order valence-corrected chi connectivity index (χ3v) is 5.60. The van der Waals surface area contributed by atoms with Gasteiger partial charge < -0.3 is 9.80 Å². The minimum absolute atomic E-state index is 0.236. The third-order valence-electron chi connectivity index (χ3n) is 5.60. The summed E-state index contributed by atoms with van der Waals surface area (Å²) in [6.07, 6.45) is 3.28. The van der Waals surface area contributed by atoms with Crippen LogP contribution < -0.4 is 0 Å². The van der Waals surface area contributed by atoms with Gasteiger partial charge in [0.2, 0.25) is 5.91 Å². The highest BCUT2D eigenvalue weighted by atomic mass is 16.2. The first kappa shape index (κ1) is 19.4. The van der Waals surface area contributed by atoms with Crippen molar-refractivity contribution in [3.05, 3.63) is 71.9 Å². The van der Waals surface area contributed by atoms with Crippen LogP contribution in [0.4, 0.5) is 0 Å². The van der Waals surface area contributed by atoms with E-state index in [9.17, 15) is 4.79 Å². The summed E-state index contributed by atoms with van der Waals surface area (Å²) in [6.45, 7) is 5.63. The van der Waals surface area contributed by atoms with Gasteiger partial charge in [-0.25, -0.2) is 4.68 Å². The number of aryl methyl sites for hydroxylation is 2. The summed E-state index contributed by atoms with van der Waals surface area (Å²) in [5.41, 5.74) is 5.41. The van der Waals surface area contributed by atoms with E-state index in [1.807, 2.05) is 39.9 Å². The van der Waals surface area contributed by atoms with Crippen LogP contribution in [0.1, 0.15) is 17.5 Å². The highest BCUT2D eigenvalue weighted by Gasteiger charge is 2.20. The predicted molar refractivity (Wildman–Crippen MR) is 116 cm³/mol. The molecule has 5 nitrogen and oxygen atoms in total. The Morgan fingerprint density at radius 3 is 2.34 bits per heavy atom. The summed E-state index contributed by atoms with van der Waals surface area (Å²) in [5, 5.41) is 4.87. The fourth-order valence-electron chi connectivity index (χ4n) is 3.72. The van der Waals surface area contributed by atoms with E-state index in [1.54, 1.807) is 0 Å². The van der Waals surface area contributed by atoms with E-state index in [0.717, 1.165) is 48.7 Å². The summed E-state index contributed by atoms with van der Waals surface area (Å²) < 4.78 is 1.92. The SMILES string of the molecule is Cc1ccc(-c2nn(-c3ccccc3)cc2CCC(=O)N2CCN(C)CC2)cc1. The first-order chi connectivity index (χ1) is 14.1. The molecule has 1 fully saturated rings. The van der Waals surface area contributed by atoms with Gasteiger partial charge in [-0.15, -0.1) is 0 Å². The Labute approximate surface area is 172 Å². The van der Waals surface area contributed by atoms with Gasteiger partial charge in [-0.2, -0.15) is 5.10 Å².